The molecular formula is C22H32F2N4O3S. The zero-order valence-corrected chi connectivity index (χ0v) is 19.6. The number of rotatable bonds is 7. The van der Waals surface area contributed by atoms with Gasteiger partial charge in [0.15, 0.2) is 0 Å². The molecule has 1 fully saturated rings. The van der Waals surface area contributed by atoms with E-state index in [9.17, 15) is 19.0 Å². The molecule has 7 nitrogen and oxygen atoms in total. The Morgan fingerprint density at radius 2 is 2.19 bits per heavy atom. The number of alkyl halides is 2. The maximum Gasteiger partial charge on any atom is 0.243 e. The van der Waals surface area contributed by atoms with Crippen molar-refractivity contribution in [1.82, 2.24) is 19.9 Å². The SMILES string of the molecule is C[C@H]1C[C@@]2(CCN1Cc1cn(CC(O)C(C)(C)O)nn1)OCCc1cc(CC(F)F)sc12. The van der Waals surface area contributed by atoms with Gasteiger partial charge in [0.1, 0.15) is 11.7 Å². The summed E-state index contributed by atoms with van der Waals surface area (Å²) in [4.78, 5) is 4.21. The Kier molecular flexibility index (Phi) is 6.71. The van der Waals surface area contributed by atoms with Gasteiger partial charge in [-0.15, -0.1) is 16.4 Å². The standard InChI is InChI=1S/C22H32F2N4O3S/c1-14-10-22(20-15(4-7-31-22)8-17(32-20)9-19(23)24)5-6-27(14)11-16-12-28(26-25-16)13-18(29)21(2,3)30/h8,12,14,18-19,29-30H,4-7,9-11,13H2,1-3H3/t14-,18?,22+/m0/s1. The van der Waals surface area contributed by atoms with Crippen LogP contribution in [0.15, 0.2) is 12.3 Å². The van der Waals surface area contributed by atoms with Crippen LogP contribution in [-0.2, 0) is 36.3 Å². The summed E-state index contributed by atoms with van der Waals surface area (Å²) in [5.41, 5.74) is 0.378. The number of likely N-dealkylation sites (tertiary alicyclic amines) is 1. The molecule has 1 saturated heterocycles. The van der Waals surface area contributed by atoms with Crippen LogP contribution < -0.4 is 0 Å². The van der Waals surface area contributed by atoms with Gasteiger partial charge in [0, 0.05) is 41.5 Å². The van der Waals surface area contributed by atoms with Crippen molar-refractivity contribution < 1.29 is 23.7 Å². The number of aliphatic hydroxyl groups excluding tert-OH is 1. The Balaban J connectivity index is 1.41. The first kappa shape index (κ1) is 23.7. The second kappa shape index (κ2) is 9.06. The monoisotopic (exact) mass is 470 g/mol. The van der Waals surface area contributed by atoms with Crippen molar-refractivity contribution in [1.29, 1.82) is 0 Å². The molecule has 2 aromatic heterocycles. The van der Waals surface area contributed by atoms with Crippen LogP contribution in [0.4, 0.5) is 8.78 Å². The lowest BCUT2D eigenvalue weighted by Crippen LogP contribution is -2.50. The van der Waals surface area contributed by atoms with E-state index in [2.05, 4.69) is 22.1 Å². The molecule has 3 atom stereocenters. The van der Waals surface area contributed by atoms with Gasteiger partial charge in [0.05, 0.1) is 24.4 Å². The Bertz CT molecular complexity index is 929. The van der Waals surface area contributed by atoms with Crippen LogP contribution in [-0.4, -0.2) is 67.4 Å². The average Bonchev–Trinajstić information content (AvgIpc) is 3.30. The molecule has 0 amide bonds. The summed E-state index contributed by atoms with van der Waals surface area (Å²) < 4.78 is 33.7. The topological polar surface area (TPSA) is 83.6 Å². The molecule has 178 valence electrons. The smallest absolute Gasteiger partial charge is 0.243 e. The highest BCUT2D eigenvalue weighted by molar-refractivity contribution is 7.12. The van der Waals surface area contributed by atoms with Gasteiger partial charge in [-0.3, -0.25) is 4.90 Å². The molecule has 0 aliphatic carbocycles. The van der Waals surface area contributed by atoms with Crippen molar-refractivity contribution in [2.75, 3.05) is 13.2 Å². The van der Waals surface area contributed by atoms with Crippen LogP contribution in [0, 0.1) is 0 Å². The molecule has 2 N–H and O–H groups in total. The van der Waals surface area contributed by atoms with E-state index >= 15 is 0 Å². The van der Waals surface area contributed by atoms with Gasteiger partial charge in [-0.05, 0) is 51.7 Å². The van der Waals surface area contributed by atoms with Gasteiger partial charge in [-0.1, -0.05) is 5.21 Å². The van der Waals surface area contributed by atoms with E-state index in [-0.39, 0.29) is 24.6 Å². The number of aliphatic hydroxyl groups is 2. The van der Waals surface area contributed by atoms with E-state index in [1.807, 2.05) is 6.07 Å². The fourth-order valence-corrected chi connectivity index (χ4v) is 6.06. The van der Waals surface area contributed by atoms with Gasteiger partial charge < -0.3 is 14.9 Å². The first-order valence-electron chi connectivity index (χ1n) is 11.1. The zero-order valence-electron chi connectivity index (χ0n) is 18.8. The summed E-state index contributed by atoms with van der Waals surface area (Å²) in [6.07, 6.45) is 0.749. The van der Waals surface area contributed by atoms with E-state index in [0.717, 1.165) is 41.3 Å². The number of hydrogen-bond acceptors (Lipinski definition) is 7. The summed E-state index contributed by atoms with van der Waals surface area (Å²) in [6, 6.07) is 2.18. The second-order valence-corrected chi connectivity index (χ2v) is 10.8. The van der Waals surface area contributed by atoms with Gasteiger partial charge in [-0.25, -0.2) is 13.5 Å². The first-order valence-corrected chi connectivity index (χ1v) is 11.9. The average molecular weight is 471 g/mol. The number of thiophene rings is 1. The minimum atomic E-state index is -2.33. The summed E-state index contributed by atoms with van der Waals surface area (Å²) in [5.74, 6) is 0. The lowest BCUT2D eigenvalue weighted by molar-refractivity contribution is -0.110. The Morgan fingerprint density at radius 3 is 2.88 bits per heavy atom. The molecule has 4 heterocycles. The summed E-state index contributed by atoms with van der Waals surface area (Å²) in [6.45, 7) is 7.51. The van der Waals surface area contributed by atoms with Crippen LogP contribution in [0.2, 0.25) is 0 Å². The molecule has 2 aromatic rings. The molecule has 0 bridgehead atoms. The van der Waals surface area contributed by atoms with Crippen molar-refractivity contribution in [3.63, 3.8) is 0 Å². The van der Waals surface area contributed by atoms with Crippen LogP contribution >= 0.6 is 11.3 Å². The molecule has 0 radical (unpaired) electrons. The molecular weight excluding hydrogens is 438 g/mol. The summed E-state index contributed by atoms with van der Waals surface area (Å²) >= 11 is 1.49. The third kappa shape index (κ3) is 5.04. The number of piperidine rings is 1. The van der Waals surface area contributed by atoms with Gasteiger partial charge in [0.2, 0.25) is 6.43 Å². The number of ether oxygens (including phenoxy) is 1. The van der Waals surface area contributed by atoms with Crippen LogP contribution in [0.25, 0.3) is 0 Å². The van der Waals surface area contributed by atoms with Gasteiger partial charge in [-0.2, -0.15) is 0 Å². The molecule has 0 saturated carbocycles. The fraction of sp³-hybridized carbons (Fsp3) is 0.727. The van der Waals surface area contributed by atoms with Crippen LogP contribution in [0.3, 0.4) is 0 Å². The highest BCUT2D eigenvalue weighted by atomic mass is 32.1. The van der Waals surface area contributed by atoms with E-state index in [1.54, 1.807) is 24.7 Å². The lowest BCUT2D eigenvalue weighted by Gasteiger charge is -2.46. The summed E-state index contributed by atoms with van der Waals surface area (Å²) in [7, 11) is 0. The second-order valence-electron chi connectivity index (χ2n) is 9.63. The number of fused-ring (bicyclic) bond motifs is 2. The van der Waals surface area contributed by atoms with Crippen LogP contribution in [0.1, 0.15) is 54.6 Å². The third-order valence-electron chi connectivity index (χ3n) is 6.56. The predicted molar refractivity (Wildman–Crippen MR) is 117 cm³/mol. The van der Waals surface area contributed by atoms with E-state index in [1.165, 1.54) is 16.9 Å². The van der Waals surface area contributed by atoms with E-state index in [4.69, 9.17) is 4.74 Å². The molecule has 10 heteroatoms. The molecule has 1 spiro atoms. The lowest BCUT2D eigenvalue weighted by atomic mass is 9.82. The number of hydrogen-bond donors (Lipinski definition) is 2. The zero-order chi connectivity index (χ0) is 23.1. The van der Waals surface area contributed by atoms with Crippen LogP contribution in [0.5, 0.6) is 0 Å². The minimum Gasteiger partial charge on any atom is -0.388 e. The Morgan fingerprint density at radius 1 is 1.41 bits per heavy atom. The number of nitrogens with zero attached hydrogens (tertiary/aromatic N) is 4. The van der Waals surface area contributed by atoms with Gasteiger partial charge in [0.25, 0.3) is 0 Å². The molecule has 0 aromatic carbocycles. The largest absolute Gasteiger partial charge is 0.388 e. The van der Waals surface area contributed by atoms with Crippen molar-refractivity contribution >= 4 is 11.3 Å². The first-order chi connectivity index (χ1) is 15.1. The Labute approximate surface area is 191 Å². The highest BCUT2D eigenvalue weighted by Crippen LogP contribution is 2.47. The van der Waals surface area contributed by atoms with Crippen molar-refractivity contribution in [2.45, 2.75) is 89.3 Å². The molecule has 4 rings (SSSR count). The predicted octanol–water partition coefficient (Wildman–Crippen LogP) is 2.73. The third-order valence-corrected chi connectivity index (χ3v) is 7.94. The van der Waals surface area contributed by atoms with Crippen molar-refractivity contribution in [3.05, 3.63) is 33.3 Å². The van der Waals surface area contributed by atoms with E-state index in [0.29, 0.717) is 13.2 Å². The Hall–Kier alpha value is -1.46. The molecule has 2 aliphatic rings. The van der Waals surface area contributed by atoms with Crippen molar-refractivity contribution in [3.8, 4) is 0 Å². The summed E-state index contributed by atoms with van der Waals surface area (Å²) in [5, 5.41) is 28.3. The van der Waals surface area contributed by atoms with Gasteiger partial charge >= 0.3 is 0 Å². The molecule has 1 unspecified atom stereocenters. The quantitative estimate of drug-likeness (QED) is 0.648. The molecule has 32 heavy (non-hydrogen) atoms. The van der Waals surface area contributed by atoms with Crippen molar-refractivity contribution in [2.24, 2.45) is 0 Å². The minimum absolute atomic E-state index is 0.172. The maximum absolute atomic E-state index is 12.9. The normalized spacial score (nSPS) is 25.4. The number of aromatic nitrogens is 3. The fourth-order valence-electron chi connectivity index (χ4n) is 4.67. The number of halogens is 2. The maximum atomic E-state index is 12.9. The van der Waals surface area contributed by atoms with E-state index < -0.39 is 18.1 Å². The highest BCUT2D eigenvalue weighted by Gasteiger charge is 2.45. The molecule has 2 aliphatic heterocycles.